The van der Waals surface area contributed by atoms with E-state index in [0.717, 1.165) is 36.7 Å². The van der Waals surface area contributed by atoms with E-state index in [1.807, 2.05) is 6.07 Å². The Morgan fingerprint density at radius 1 is 1.19 bits per heavy atom. The fraction of sp³-hybridized carbons (Fsp3) is 0.474. The Hall–Kier alpha value is -2.19. The van der Waals surface area contributed by atoms with Gasteiger partial charge in [0.2, 0.25) is 10.0 Å². The van der Waals surface area contributed by atoms with Crippen molar-refractivity contribution in [2.24, 2.45) is 0 Å². The second kappa shape index (κ2) is 10.2. The second-order valence-corrected chi connectivity index (χ2v) is 8.21. The molecule has 0 radical (unpaired) electrons. The molecule has 0 heterocycles. The molecule has 0 spiro atoms. The minimum Gasteiger partial charge on any atom is -0.452 e. The molecule has 2 N–H and O–H groups in total. The summed E-state index contributed by atoms with van der Waals surface area (Å²) in [5.41, 5.74) is 0.721. The molecule has 1 saturated carbocycles. The van der Waals surface area contributed by atoms with Gasteiger partial charge < -0.3 is 10.1 Å². The van der Waals surface area contributed by atoms with Gasteiger partial charge in [-0.1, -0.05) is 49.6 Å². The summed E-state index contributed by atoms with van der Waals surface area (Å²) in [7, 11) is -3.79. The van der Waals surface area contributed by atoms with Crippen molar-refractivity contribution in [1.82, 2.24) is 10.0 Å². The maximum absolute atomic E-state index is 12.1. The fourth-order valence-corrected chi connectivity index (χ4v) is 3.55. The van der Waals surface area contributed by atoms with Gasteiger partial charge in [0, 0.05) is 11.4 Å². The number of hydrogen-bond acceptors (Lipinski definition) is 5. The lowest BCUT2D eigenvalue weighted by Crippen LogP contribution is -2.43. The van der Waals surface area contributed by atoms with Crippen LogP contribution in [0, 0.1) is 0 Å². The lowest BCUT2D eigenvalue weighted by molar-refractivity contribution is -0.154. The van der Waals surface area contributed by atoms with E-state index in [4.69, 9.17) is 4.74 Å². The molecule has 1 atom stereocenters. The van der Waals surface area contributed by atoms with Gasteiger partial charge in [-0.05, 0) is 31.4 Å². The Kier molecular flexibility index (Phi) is 7.99. The maximum Gasteiger partial charge on any atom is 0.321 e. The predicted molar refractivity (Wildman–Crippen MR) is 103 cm³/mol. The van der Waals surface area contributed by atoms with Gasteiger partial charge in [-0.25, -0.2) is 13.1 Å². The van der Waals surface area contributed by atoms with Crippen LogP contribution in [-0.2, 0) is 24.3 Å². The van der Waals surface area contributed by atoms with Crippen molar-refractivity contribution in [2.45, 2.75) is 51.2 Å². The summed E-state index contributed by atoms with van der Waals surface area (Å²) in [4.78, 5) is 23.9. The number of esters is 1. The van der Waals surface area contributed by atoms with Crippen molar-refractivity contribution in [3.63, 3.8) is 0 Å². The SMILES string of the molecule is CC(OC(=O)CNS(=O)(=O)/C=C/c1ccccc1)C(=O)NC1CCCCC1. The van der Waals surface area contributed by atoms with Crippen LogP contribution in [0.2, 0.25) is 0 Å². The highest BCUT2D eigenvalue weighted by Crippen LogP contribution is 2.17. The number of ether oxygens (including phenoxy) is 1. The van der Waals surface area contributed by atoms with Crippen molar-refractivity contribution in [3.05, 3.63) is 41.3 Å². The maximum atomic E-state index is 12.1. The van der Waals surface area contributed by atoms with Crippen LogP contribution in [0.4, 0.5) is 0 Å². The third kappa shape index (κ3) is 7.92. The predicted octanol–water partition coefficient (Wildman–Crippen LogP) is 1.96. The molecular weight excluding hydrogens is 368 g/mol. The second-order valence-electron chi connectivity index (χ2n) is 6.56. The molecule has 0 aliphatic heterocycles. The van der Waals surface area contributed by atoms with Crippen LogP contribution in [0.1, 0.15) is 44.6 Å². The summed E-state index contributed by atoms with van der Waals surface area (Å²) in [6.45, 7) is 0.933. The van der Waals surface area contributed by atoms with Crippen LogP contribution in [0.3, 0.4) is 0 Å². The number of amides is 1. The zero-order valence-corrected chi connectivity index (χ0v) is 16.2. The fourth-order valence-electron chi connectivity index (χ4n) is 2.80. The molecule has 0 bridgehead atoms. The molecule has 27 heavy (non-hydrogen) atoms. The molecule has 1 fully saturated rings. The molecular formula is C19H26N2O5S. The van der Waals surface area contributed by atoms with Gasteiger partial charge in [-0.3, -0.25) is 9.59 Å². The Bertz CT molecular complexity index is 756. The van der Waals surface area contributed by atoms with E-state index in [1.165, 1.54) is 19.4 Å². The van der Waals surface area contributed by atoms with Gasteiger partial charge in [0.1, 0.15) is 6.54 Å². The summed E-state index contributed by atoms with van der Waals surface area (Å²) >= 11 is 0. The van der Waals surface area contributed by atoms with Crippen LogP contribution < -0.4 is 10.0 Å². The van der Waals surface area contributed by atoms with Gasteiger partial charge in [0.15, 0.2) is 6.10 Å². The molecule has 0 aromatic heterocycles. The molecule has 148 valence electrons. The van der Waals surface area contributed by atoms with E-state index in [9.17, 15) is 18.0 Å². The Morgan fingerprint density at radius 2 is 1.85 bits per heavy atom. The molecule has 0 saturated heterocycles. The summed E-state index contributed by atoms with van der Waals surface area (Å²) in [6.07, 6.45) is 5.65. The topological polar surface area (TPSA) is 102 Å². The van der Waals surface area contributed by atoms with Crippen LogP contribution in [0.25, 0.3) is 6.08 Å². The average molecular weight is 394 g/mol. The van der Waals surface area contributed by atoms with E-state index in [0.29, 0.717) is 0 Å². The first-order valence-electron chi connectivity index (χ1n) is 9.08. The monoisotopic (exact) mass is 394 g/mol. The van der Waals surface area contributed by atoms with Crippen molar-refractivity contribution in [1.29, 1.82) is 0 Å². The largest absolute Gasteiger partial charge is 0.452 e. The van der Waals surface area contributed by atoms with E-state index in [2.05, 4.69) is 10.0 Å². The summed E-state index contributed by atoms with van der Waals surface area (Å²) in [5, 5.41) is 3.85. The molecule has 1 amide bonds. The number of carbonyl (C=O) groups is 2. The third-order valence-corrected chi connectivity index (χ3v) is 5.33. The standard InChI is InChI=1S/C19H26N2O5S/c1-15(19(23)21-17-10-6-3-7-11-17)26-18(22)14-20-27(24,25)13-12-16-8-4-2-5-9-16/h2,4-5,8-9,12-13,15,17,20H,3,6-7,10-11,14H2,1H3,(H,21,23)/b13-12+. The Labute approximate surface area is 160 Å². The van der Waals surface area contributed by atoms with Gasteiger partial charge in [-0.15, -0.1) is 0 Å². The molecule has 1 aromatic carbocycles. The zero-order chi connectivity index (χ0) is 19.7. The average Bonchev–Trinajstić information content (AvgIpc) is 2.66. The molecule has 8 heteroatoms. The highest BCUT2D eigenvalue weighted by molar-refractivity contribution is 7.92. The van der Waals surface area contributed by atoms with Gasteiger partial charge in [-0.2, -0.15) is 0 Å². The van der Waals surface area contributed by atoms with Crippen molar-refractivity contribution in [3.8, 4) is 0 Å². The first-order valence-corrected chi connectivity index (χ1v) is 10.6. The molecule has 1 aliphatic carbocycles. The van der Waals surface area contributed by atoms with Crippen LogP contribution in [0.5, 0.6) is 0 Å². The minimum atomic E-state index is -3.79. The quantitative estimate of drug-likeness (QED) is 0.656. The lowest BCUT2D eigenvalue weighted by atomic mass is 9.95. The molecule has 1 aliphatic rings. The van der Waals surface area contributed by atoms with E-state index in [1.54, 1.807) is 24.3 Å². The van der Waals surface area contributed by atoms with Crippen LogP contribution in [-0.4, -0.2) is 39.0 Å². The van der Waals surface area contributed by atoms with Crippen LogP contribution >= 0.6 is 0 Å². The third-order valence-electron chi connectivity index (χ3n) is 4.29. The molecule has 1 unspecified atom stereocenters. The summed E-state index contributed by atoms with van der Waals surface area (Å²) in [5.74, 6) is -1.17. The zero-order valence-electron chi connectivity index (χ0n) is 15.4. The van der Waals surface area contributed by atoms with Crippen molar-refractivity contribution in [2.75, 3.05) is 6.54 Å². The molecule has 1 aromatic rings. The van der Waals surface area contributed by atoms with E-state index < -0.39 is 28.6 Å². The minimum absolute atomic E-state index is 0.119. The number of benzene rings is 1. The van der Waals surface area contributed by atoms with E-state index in [-0.39, 0.29) is 11.9 Å². The van der Waals surface area contributed by atoms with Gasteiger partial charge in [0.25, 0.3) is 5.91 Å². The highest BCUT2D eigenvalue weighted by atomic mass is 32.2. The first kappa shape index (κ1) is 21.1. The number of hydrogen-bond donors (Lipinski definition) is 2. The Balaban J connectivity index is 1.75. The number of carbonyl (C=O) groups excluding carboxylic acids is 2. The first-order chi connectivity index (χ1) is 12.9. The number of nitrogens with one attached hydrogen (secondary N) is 2. The molecule has 2 rings (SSSR count). The highest BCUT2D eigenvalue weighted by Gasteiger charge is 2.22. The van der Waals surface area contributed by atoms with Crippen molar-refractivity contribution >= 4 is 28.0 Å². The van der Waals surface area contributed by atoms with Gasteiger partial charge in [0.05, 0.1) is 0 Å². The summed E-state index contributed by atoms with van der Waals surface area (Å²) in [6, 6.07) is 9.04. The lowest BCUT2D eigenvalue weighted by Gasteiger charge is -2.24. The number of sulfonamides is 1. The molecule has 7 nitrogen and oxygen atoms in total. The smallest absolute Gasteiger partial charge is 0.321 e. The van der Waals surface area contributed by atoms with Crippen molar-refractivity contribution < 1.29 is 22.7 Å². The summed E-state index contributed by atoms with van der Waals surface area (Å²) < 4.78 is 31.0. The van der Waals surface area contributed by atoms with Gasteiger partial charge >= 0.3 is 5.97 Å². The normalized spacial score (nSPS) is 16.8. The Morgan fingerprint density at radius 3 is 2.52 bits per heavy atom. The van der Waals surface area contributed by atoms with Crippen LogP contribution in [0.15, 0.2) is 35.7 Å². The number of rotatable bonds is 8. The van der Waals surface area contributed by atoms with E-state index >= 15 is 0 Å².